The maximum atomic E-state index is 14.8. The Hall–Kier alpha value is -5.42. The number of nitrogens with one attached hydrogen (secondary N) is 1. The van der Waals surface area contributed by atoms with Crippen molar-refractivity contribution in [1.29, 1.82) is 0 Å². The molecule has 1 saturated heterocycles. The van der Waals surface area contributed by atoms with E-state index in [4.69, 9.17) is 4.74 Å². The zero-order valence-corrected chi connectivity index (χ0v) is 28.0. The maximum absolute atomic E-state index is 14.8. The van der Waals surface area contributed by atoms with Crippen LogP contribution in [-0.2, 0) is 19.6 Å². The van der Waals surface area contributed by atoms with Gasteiger partial charge in [-0.3, -0.25) is 9.69 Å². The van der Waals surface area contributed by atoms with E-state index in [1.54, 1.807) is 12.1 Å². The van der Waals surface area contributed by atoms with Gasteiger partial charge in [-0.25, -0.2) is 22.7 Å². The number of unbranched alkanes of at least 4 members (excludes halogenated alkanes) is 1. The zero-order chi connectivity index (χ0) is 34.4. The molecule has 11 heteroatoms. The van der Waals surface area contributed by atoms with Gasteiger partial charge in [-0.15, -0.1) is 0 Å². The Morgan fingerprint density at radius 2 is 1.31 bits per heavy atom. The Bertz CT molecular complexity index is 1860. The van der Waals surface area contributed by atoms with Gasteiger partial charge in [0.2, 0.25) is 5.91 Å². The lowest BCUT2D eigenvalue weighted by Crippen LogP contribution is -2.63. The molecule has 1 atom stereocenters. The van der Waals surface area contributed by atoms with Crippen molar-refractivity contribution in [2.45, 2.75) is 31.1 Å². The number of urea groups is 1. The average Bonchev–Trinajstić information content (AvgIpc) is 3.29. The van der Waals surface area contributed by atoms with E-state index >= 15 is 0 Å². The first-order valence-corrected chi connectivity index (χ1v) is 17.9. The lowest BCUT2D eigenvalue weighted by molar-refractivity contribution is -0.133. The summed E-state index contributed by atoms with van der Waals surface area (Å²) in [6, 6.07) is 32.7. The van der Waals surface area contributed by atoms with Crippen molar-refractivity contribution in [2.75, 3.05) is 31.1 Å². The van der Waals surface area contributed by atoms with Gasteiger partial charge >= 0.3 is 12.1 Å². The summed E-state index contributed by atoms with van der Waals surface area (Å²) in [6.45, 7) is 1.56. The van der Waals surface area contributed by atoms with E-state index in [0.717, 1.165) is 28.7 Å². The molecule has 10 nitrogen and oxygen atoms in total. The number of carbonyl (C=O) groups excluding carboxylic acids is 3. The summed E-state index contributed by atoms with van der Waals surface area (Å²) >= 11 is 0. The Balaban J connectivity index is 1.38. The highest BCUT2D eigenvalue weighted by atomic mass is 32.2. The van der Waals surface area contributed by atoms with Crippen LogP contribution in [-0.4, -0.2) is 67.9 Å². The quantitative estimate of drug-likeness (QED) is 0.210. The number of anilines is 2. The molecule has 0 aromatic heterocycles. The number of amides is 4. The van der Waals surface area contributed by atoms with Crippen LogP contribution >= 0.6 is 0 Å². The van der Waals surface area contributed by atoms with Crippen LogP contribution in [0.2, 0.25) is 0 Å². The van der Waals surface area contributed by atoms with Gasteiger partial charge in [-0.05, 0) is 40.8 Å². The first-order chi connectivity index (χ1) is 23.8. The smallest absolute Gasteiger partial charge is 0.420 e. The van der Waals surface area contributed by atoms with Gasteiger partial charge in [0.1, 0.15) is 0 Å². The number of sulfonamides is 1. The largest absolute Gasteiger partial charge is 0.449 e. The fourth-order valence-corrected chi connectivity index (χ4v) is 7.55. The summed E-state index contributed by atoms with van der Waals surface area (Å²) in [7, 11) is -4.59. The third kappa shape index (κ3) is 7.22. The minimum absolute atomic E-state index is 0.0416. The van der Waals surface area contributed by atoms with Crippen LogP contribution < -0.4 is 9.62 Å². The molecular formula is C38H38N4O6S. The highest BCUT2D eigenvalue weighted by molar-refractivity contribution is 7.90. The van der Waals surface area contributed by atoms with Crippen LogP contribution in [0.25, 0.3) is 12.2 Å². The summed E-state index contributed by atoms with van der Waals surface area (Å²) in [5.74, 6) is -1.03. The molecule has 2 heterocycles. The monoisotopic (exact) mass is 678 g/mol. The van der Waals surface area contributed by atoms with Gasteiger partial charge in [0, 0.05) is 13.1 Å². The fourth-order valence-electron chi connectivity index (χ4n) is 6.22. The van der Waals surface area contributed by atoms with Crippen LogP contribution in [0.1, 0.15) is 47.9 Å². The van der Waals surface area contributed by atoms with Crippen molar-refractivity contribution in [2.24, 2.45) is 0 Å². The van der Waals surface area contributed by atoms with Gasteiger partial charge in [0.05, 0.1) is 30.4 Å². The Morgan fingerprint density at radius 1 is 0.776 bits per heavy atom. The number of ether oxygens (including phenoxy) is 1. The maximum Gasteiger partial charge on any atom is 0.420 e. The third-order valence-corrected chi connectivity index (χ3v) is 10.3. The summed E-state index contributed by atoms with van der Waals surface area (Å²) in [6.07, 6.45) is 4.00. The van der Waals surface area contributed by atoms with E-state index < -0.39 is 33.4 Å². The van der Waals surface area contributed by atoms with Gasteiger partial charge in [-0.1, -0.05) is 123 Å². The van der Waals surface area contributed by atoms with Gasteiger partial charge in [0.15, 0.2) is 5.37 Å². The fraction of sp³-hybridized carbons (Fsp3) is 0.237. The molecule has 0 bridgehead atoms. The molecule has 6 rings (SSSR count). The SMILES string of the molecule is CCCCOC(=O)NS(=O)(=O)[C@@H]1CN(C(=O)C(c2ccccc2)c2ccccc2)CCN1C(=O)N1c2ccccc2C=Cc2ccccc21. The van der Waals surface area contributed by atoms with E-state index in [-0.39, 0.29) is 32.1 Å². The Morgan fingerprint density at radius 3 is 1.86 bits per heavy atom. The van der Waals surface area contributed by atoms with E-state index in [0.29, 0.717) is 17.8 Å². The Labute approximate surface area is 286 Å². The molecule has 0 radical (unpaired) electrons. The second kappa shape index (κ2) is 14.8. The van der Waals surface area contributed by atoms with Crippen LogP contribution in [0, 0.1) is 0 Å². The van der Waals surface area contributed by atoms with Gasteiger partial charge in [0.25, 0.3) is 10.0 Å². The molecule has 4 amide bonds. The Kier molecular flexibility index (Phi) is 10.1. The minimum Gasteiger partial charge on any atom is -0.449 e. The summed E-state index contributed by atoms with van der Waals surface area (Å²) in [5, 5.41) is -1.61. The highest BCUT2D eigenvalue weighted by Gasteiger charge is 2.45. The molecule has 252 valence electrons. The summed E-state index contributed by atoms with van der Waals surface area (Å²) < 4.78 is 35.3. The van der Waals surface area contributed by atoms with Crippen molar-refractivity contribution in [3.05, 3.63) is 131 Å². The second-order valence-electron chi connectivity index (χ2n) is 11.9. The van der Waals surface area contributed by atoms with Crippen molar-refractivity contribution in [3.63, 3.8) is 0 Å². The average molecular weight is 679 g/mol. The number of hydrogen-bond donors (Lipinski definition) is 1. The molecule has 0 spiro atoms. The summed E-state index contributed by atoms with van der Waals surface area (Å²) in [4.78, 5) is 46.1. The molecule has 2 aliphatic heterocycles. The molecule has 0 unspecified atom stereocenters. The number of rotatable bonds is 8. The van der Waals surface area contributed by atoms with E-state index in [9.17, 15) is 22.8 Å². The predicted molar refractivity (Wildman–Crippen MR) is 189 cm³/mol. The molecule has 2 aliphatic rings. The number of nitrogens with zero attached hydrogens (tertiary/aromatic N) is 3. The second-order valence-corrected chi connectivity index (χ2v) is 13.7. The van der Waals surface area contributed by atoms with E-state index in [1.807, 2.05) is 121 Å². The number of para-hydroxylation sites is 2. The first kappa shape index (κ1) is 33.5. The standard InChI is InChI=1S/C38H38N4O6S/c1-2-3-26-48-37(44)39-49(46,47)34-27-40(36(43)35(30-16-6-4-7-17-30)31-18-8-5-9-19-31)24-25-41(34)38(45)42-32-20-12-10-14-28(32)22-23-29-15-11-13-21-33(29)42/h4-23,34-35H,2-3,24-27H2,1H3,(H,39,44)/t34-/m1/s1. The predicted octanol–water partition coefficient (Wildman–Crippen LogP) is 6.59. The van der Waals surface area contributed by atoms with Crippen molar-refractivity contribution in [3.8, 4) is 0 Å². The van der Waals surface area contributed by atoms with Crippen molar-refractivity contribution >= 4 is 51.6 Å². The number of carbonyl (C=O) groups is 3. The van der Waals surface area contributed by atoms with Crippen LogP contribution in [0.5, 0.6) is 0 Å². The first-order valence-electron chi connectivity index (χ1n) is 16.3. The van der Waals surface area contributed by atoms with Crippen LogP contribution in [0.3, 0.4) is 0 Å². The summed E-state index contributed by atoms with van der Waals surface area (Å²) in [5.41, 5.74) is 4.18. The van der Waals surface area contributed by atoms with Gasteiger partial charge in [-0.2, -0.15) is 0 Å². The number of hydrogen-bond acceptors (Lipinski definition) is 6. The molecule has 0 aliphatic carbocycles. The number of fused-ring (bicyclic) bond motifs is 2. The molecule has 1 fully saturated rings. The highest BCUT2D eigenvalue weighted by Crippen LogP contribution is 2.38. The van der Waals surface area contributed by atoms with Crippen molar-refractivity contribution < 1.29 is 27.5 Å². The number of benzene rings is 4. The minimum atomic E-state index is -4.59. The zero-order valence-electron chi connectivity index (χ0n) is 27.1. The van der Waals surface area contributed by atoms with E-state index in [2.05, 4.69) is 0 Å². The lowest BCUT2D eigenvalue weighted by Gasteiger charge is -2.43. The van der Waals surface area contributed by atoms with Gasteiger partial charge < -0.3 is 14.5 Å². The topological polar surface area (TPSA) is 116 Å². The molecule has 1 N–H and O–H groups in total. The number of piperazine rings is 1. The van der Waals surface area contributed by atoms with Crippen LogP contribution in [0.15, 0.2) is 109 Å². The molecule has 4 aromatic rings. The molecular weight excluding hydrogens is 641 g/mol. The molecule has 4 aromatic carbocycles. The molecule has 0 saturated carbocycles. The molecule has 49 heavy (non-hydrogen) atoms. The lowest BCUT2D eigenvalue weighted by atomic mass is 9.90. The van der Waals surface area contributed by atoms with Crippen molar-refractivity contribution in [1.82, 2.24) is 14.5 Å². The third-order valence-electron chi connectivity index (χ3n) is 8.71. The normalized spacial score (nSPS) is 15.6. The van der Waals surface area contributed by atoms with E-state index in [1.165, 1.54) is 14.7 Å². The van der Waals surface area contributed by atoms with Crippen LogP contribution in [0.4, 0.5) is 21.0 Å².